The molecule has 2 heterocycles. The van der Waals surface area contributed by atoms with Crippen LogP contribution >= 0.6 is 0 Å². The van der Waals surface area contributed by atoms with Gasteiger partial charge in [-0.05, 0) is 18.1 Å². The monoisotopic (exact) mass is 192 g/mol. The summed E-state index contributed by atoms with van der Waals surface area (Å²) in [5.41, 5.74) is 3.79. The highest BCUT2D eigenvalue weighted by atomic mass is 16.3. The Balaban J connectivity index is 2.08. The lowest BCUT2D eigenvalue weighted by molar-refractivity contribution is 0.518. The number of hydrogen-bond donors (Lipinski definition) is 3. The maximum Gasteiger partial charge on any atom is 0.124 e. The van der Waals surface area contributed by atoms with Crippen LogP contribution in [-0.2, 0) is 6.42 Å². The molecule has 0 aliphatic rings. The predicted molar refractivity (Wildman–Crippen MR) is 51.1 cm³/mol. The van der Waals surface area contributed by atoms with Gasteiger partial charge in [0.1, 0.15) is 5.82 Å². The second-order valence-electron chi connectivity index (χ2n) is 3.03. The maximum atomic E-state index is 5.44. The number of hydrogen-bond acceptors (Lipinski definition) is 4. The molecule has 14 heavy (non-hydrogen) atoms. The van der Waals surface area contributed by atoms with E-state index in [1.54, 1.807) is 24.9 Å². The molecule has 0 amide bonds. The molecule has 0 aliphatic heterocycles. The van der Waals surface area contributed by atoms with Crippen LogP contribution in [0.4, 0.5) is 0 Å². The number of rotatable bonds is 4. The van der Waals surface area contributed by atoms with Crippen molar-refractivity contribution in [3.8, 4) is 0 Å². The lowest BCUT2D eigenvalue weighted by Gasteiger charge is -2.11. The second-order valence-corrected chi connectivity index (χ2v) is 3.03. The van der Waals surface area contributed by atoms with E-state index in [2.05, 4.69) is 15.4 Å². The molecule has 0 aliphatic carbocycles. The first kappa shape index (κ1) is 8.98. The molecule has 0 aromatic carbocycles. The fourth-order valence-corrected chi connectivity index (χ4v) is 1.35. The molecule has 2 rings (SSSR count). The van der Waals surface area contributed by atoms with Crippen LogP contribution in [0.1, 0.15) is 17.4 Å². The van der Waals surface area contributed by atoms with Gasteiger partial charge in [0.25, 0.3) is 0 Å². The highest BCUT2D eigenvalue weighted by Gasteiger charge is 2.12. The van der Waals surface area contributed by atoms with Crippen LogP contribution < -0.4 is 11.3 Å². The van der Waals surface area contributed by atoms with Crippen molar-refractivity contribution in [2.45, 2.75) is 12.5 Å². The van der Waals surface area contributed by atoms with Crippen molar-refractivity contribution in [1.82, 2.24) is 15.4 Å². The Morgan fingerprint density at radius 1 is 1.64 bits per heavy atom. The third kappa shape index (κ3) is 1.84. The number of furan rings is 1. The van der Waals surface area contributed by atoms with E-state index in [1.165, 1.54) is 0 Å². The second kappa shape index (κ2) is 4.08. The number of nitrogens with two attached hydrogens (primary N) is 1. The van der Waals surface area contributed by atoms with Crippen LogP contribution in [0.25, 0.3) is 0 Å². The molecule has 0 spiro atoms. The van der Waals surface area contributed by atoms with E-state index in [0.717, 1.165) is 17.8 Å². The van der Waals surface area contributed by atoms with Crippen molar-refractivity contribution in [1.29, 1.82) is 0 Å². The molecule has 1 unspecified atom stereocenters. The van der Waals surface area contributed by atoms with Crippen molar-refractivity contribution in [2.24, 2.45) is 5.84 Å². The van der Waals surface area contributed by atoms with Gasteiger partial charge in [0, 0.05) is 12.4 Å². The molecule has 5 heteroatoms. The maximum absolute atomic E-state index is 5.44. The van der Waals surface area contributed by atoms with Crippen LogP contribution in [-0.4, -0.2) is 9.97 Å². The average molecular weight is 192 g/mol. The lowest BCUT2D eigenvalue weighted by Crippen LogP contribution is -2.30. The van der Waals surface area contributed by atoms with Crippen molar-refractivity contribution in [3.63, 3.8) is 0 Å². The fraction of sp³-hybridized carbons (Fsp3) is 0.222. The van der Waals surface area contributed by atoms with Crippen LogP contribution in [0.3, 0.4) is 0 Å². The highest BCUT2D eigenvalue weighted by molar-refractivity contribution is 5.10. The van der Waals surface area contributed by atoms with Crippen molar-refractivity contribution >= 4 is 0 Å². The minimum atomic E-state index is -0.0115. The van der Waals surface area contributed by atoms with Gasteiger partial charge in [0.15, 0.2) is 0 Å². The van der Waals surface area contributed by atoms with Crippen molar-refractivity contribution in [3.05, 3.63) is 42.4 Å². The molecular weight excluding hydrogens is 180 g/mol. The Morgan fingerprint density at radius 2 is 2.57 bits per heavy atom. The standard InChI is InChI=1S/C9H12N4O/c10-13-8(9-11-2-3-12-9)5-7-1-4-14-6-7/h1-4,6,8,13H,5,10H2,(H,11,12). The summed E-state index contributed by atoms with van der Waals surface area (Å²) in [6.45, 7) is 0. The van der Waals surface area contributed by atoms with Crippen LogP contribution in [0, 0.1) is 0 Å². The lowest BCUT2D eigenvalue weighted by atomic mass is 10.1. The first-order chi connectivity index (χ1) is 6.90. The van der Waals surface area contributed by atoms with Crippen molar-refractivity contribution < 1.29 is 4.42 Å². The van der Waals surface area contributed by atoms with Gasteiger partial charge in [-0.15, -0.1) is 0 Å². The number of aromatic nitrogens is 2. The zero-order chi connectivity index (χ0) is 9.80. The highest BCUT2D eigenvalue weighted by Crippen LogP contribution is 2.13. The summed E-state index contributed by atoms with van der Waals surface area (Å²) < 4.78 is 4.98. The summed E-state index contributed by atoms with van der Waals surface area (Å²) in [5.74, 6) is 6.27. The zero-order valence-corrected chi connectivity index (χ0v) is 7.60. The summed E-state index contributed by atoms with van der Waals surface area (Å²) in [4.78, 5) is 7.16. The average Bonchev–Trinajstić information content (AvgIpc) is 2.86. The number of nitrogens with one attached hydrogen (secondary N) is 2. The van der Waals surface area contributed by atoms with E-state index in [0.29, 0.717) is 0 Å². The Morgan fingerprint density at radius 3 is 3.14 bits per heavy atom. The summed E-state index contributed by atoms with van der Waals surface area (Å²) in [6, 6.07) is 1.90. The molecule has 74 valence electrons. The number of nitrogens with zero attached hydrogens (tertiary/aromatic N) is 1. The SMILES string of the molecule is NNC(Cc1ccoc1)c1ncc[nH]1. The smallest absolute Gasteiger partial charge is 0.124 e. The third-order valence-electron chi connectivity index (χ3n) is 2.07. The Kier molecular flexibility index (Phi) is 2.62. The van der Waals surface area contributed by atoms with Crippen molar-refractivity contribution in [2.75, 3.05) is 0 Å². The van der Waals surface area contributed by atoms with Gasteiger partial charge in [0.05, 0.1) is 18.6 Å². The molecule has 1 atom stereocenters. The van der Waals surface area contributed by atoms with Crippen LogP contribution in [0.5, 0.6) is 0 Å². The van der Waals surface area contributed by atoms with Crippen LogP contribution in [0.2, 0.25) is 0 Å². The third-order valence-corrected chi connectivity index (χ3v) is 2.07. The minimum Gasteiger partial charge on any atom is -0.472 e. The normalized spacial score (nSPS) is 12.9. The largest absolute Gasteiger partial charge is 0.472 e. The quantitative estimate of drug-likeness (QED) is 0.493. The summed E-state index contributed by atoms with van der Waals surface area (Å²) in [5, 5.41) is 0. The van der Waals surface area contributed by atoms with Gasteiger partial charge in [-0.3, -0.25) is 5.84 Å². The van der Waals surface area contributed by atoms with Gasteiger partial charge in [-0.25, -0.2) is 10.4 Å². The molecule has 2 aromatic heterocycles. The van der Waals surface area contributed by atoms with Gasteiger partial charge >= 0.3 is 0 Å². The predicted octanol–water partition coefficient (Wildman–Crippen LogP) is 0.750. The fourth-order valence-electron chi connectivity index (χ4n) is 1.35. The van der Waals surface area contributed by atoms with Gasteiger partial charge in [-0.2, -0.15) is 0 Å². The summed E-state index contributed by atoms with van der Waals surface area (Å²) in [6.07, 6.45) is 7.57. The topological polar surface area (TPSA) is 79.9 Å². The minimum absolute atomic E-state index is 0.0115. The number of imidazole rings is 1. The van der Waals surface area contributed by atoms with Crippen LogP contribution in [0.15, 0.2) is 35.4 Å². The first-order valence-electron chi connectivity index (χ1n) is 4.36. The summed E-state index contributed by atoms with van der Waals surface area (Å²) in [7, 11) is 0. The van der Waals surface area contributed by atoms with E-state index < -0.39 is 0 Å². The molecule has 5 nitrogen and oxygen atoms in total. The van der Waals surface area contributed by atoms with E-state index >= 15 is 0 Å². The molecule has 0 saturated carbocycles. The zero-order valence-electron chi connectivity index (χ0n) is 7.60. The number of H-pyrrole nitrogens is 1. The van der Waals surface area contributed by atoms with Gasteiger partial charge in [0.2, 0.25) is 0 Å². The summed E-state index contributed by atoms with van der Waals surface area (Å²) >= 11 is 0. The molecule has 0 saturated heterocycles. The first-order valence-corrected chi connectivity index (χ1v) is 4.36. The Hall–Kier alpha value is -1.59. The van der Waals surface area contributed by atoms with Gasteiger partial charge < -0.3 is 9.40 Å². The molecular formula is C9H12N4O. The van der Waals surface area contributed by atoms with E-state index in [1.807, 2.05) is 6.07 Å². The number of hydrazine groups is 1. The number of aromatic amines is 1. The van der Waals surface area contributed by atoms with E-state index in [4.69, 9.17) is 10.3 Å². The molecule has 0 radical (unpaired) electrons. The van der Waals surface area contributed by atoms with Gasteiger partial charge in [-0.1, -0.05) is 0 Å². The van der Waals surface area contributed by atoms with E-state index in [-0.39, 0.29) is 6.04 Å². The Bertz CT molecular complexity index is 354. The Labute approximate surface area is 81.3 Å². The molecule has 4 N–H and O–H groups in total. The molecule has 2 aromatic rings. The molecule has 0 fully saturated rings. The molecule has 0 bridgehead atoms. The van der Waals surface area contributed by atoms with E-state index in [9.17, 15) is 0 Å².